The summed E-state index contributed by atoms with van der Waals surface area (Å²) >= 11 is 0. The summed E-state index contributed by atoms with van der Waals surface area (Å²) in [6, 6.07) is 19.4. The predicted octanol–water partition coefficient (Wildman–Crippen LogP) is 6.08. The Balaban J connectivity index is 1.61. The lowest BCUT2D eigenvalue weighted by Gasteiger charge is -2.27. The minimum atomic E-state index is -0.684. The molecular formula is C29H32N2O4. The normalized spacial score (nSPS) is 19.6. The molecule has 3 aromatic rings. The van der Waals surface area contributed by atoms with Crippen molar-refractivity contribution in [3.8, 4) is 0 Å². The summed E-state index contributed by atoms with van der Waals surface area (Å²) in [6.45, 7) is 2.08. The summed E-state index contributed by atoms with van der Waals surface area (Å²) < 4.78 is 1.48. The van der Waals surface area contributed by atoms with Crippen LogP contribution < -0.4 is 5.56 Å². The third-order valence-corrected chi connectivity index (χ3v) is 7.53. The Labute approximate surface area is 205 Å². The molecule has 6 heteroatoms. The topological polar surface area (TPSA) is 88.7 Å². The largest absolute Gasteiger partial charge is 0.481 e. The van der Waals surface area contributed by atoms with Crippen LogP contribution in [0.5, 0.6) is 0 Å². The molecule has 1 fully saturated rings. The lowest BCUT2D eigenvalue weighted by atomic mass is 9.77. The van der Waals surface area contributed by atoms with E-state index in [9.17, 15) is 19.6 Å². The summed E-state index contributed by atoms with van der Waals surface area (Å²) in [6.07, 6.45) is 5.41. The van der Waals surface area contributed by atoms with Gasteiger partial charge in [-0.3, -0.25) is 9.59 Å². The highest BCUT2D eigenvalue weighted by Crippen LogP contribution is 2.39. The summed E-state index contributed by atoms with van der Waals surface area (Å²) in [5.41, 5.74) is 5.26. The first kappa shape index (κ1) is 24.6. The van der Waals surface area contributed by atoms with E-state index in [0.717, 1.165) is 47.9 Å². The molecule has 0 aliphatic heterocycles. The second-order valence-corrected chi connectivity index (χ2v) is 9.73. The molecule has 1 aliphatic rings. The number of carbonyl (C=O) groups is 1. The van der Waals surface area contributed by atoms with Crippen LogP contribution >= 0.6 is 0 Å². The van der Waals surface area contributed by atoms with Gasteiger partial charge in [0, 0.05) is 25.2 Å². The van der Waals surface area contributed by atoms with Crippen LogP contribution in [0.3, 0.4) is 0 Å². The molecule has 0 amide bonds. The lowest BCUT2D eigenvalue weighted by Crippen LogP contribution is -2.20. The second-order valence-electron chi connectivity index (χ2n) is 9.73. The summed E-state index contributed by atoms with van der Waals surface area (Å²) in [7, 11) is 1.68. The third-order valence-electron chi connectivity index (χ3n) is 7.53. The SMILES string of the molecule is Cc1ccccc1C(CC(N=O)c1ccc(=O)n(C)c1)c1ccc(C2CCC(C(=O)O)CC2)cc1. The van der Waals surface area contributed by atoms with Gasteiger partial charge >= 0.3 is 5.97 Å². The molecule has 2 atom stereocenters. The molecule has 182 valence electrons. The van der Waals surface area contributed by atoms with Crippen LogP contribution in [0.15, 0.2) is 76.8 Å². The molecule has 1 N–H and O–H groups in total. The molecule has 0 spiro atoms. The Hall–Kier alpha value is -3.54. The van der Waals surface area contributed by atoms with Crippen molar-refractivity contribution < 1.29 is 9.90 Å². The summed E-state index contributed by atoms with van der Waals surface area (Å²) in [5.74, 6) is -0.558. The molecule has 1 saturated carbocycles. The lowest BCUT2D eigenvalue weighted by molar-refractivity contribution is -0.142. The zero-order valence-electron chi connectivity index (χ0n) is 20.3. The van der Waals surface area contributed by atoms with Crippen molar-refractivity contribution in [2.75, 3.05) is 0 Å². The fourth-order valence-electron chi connectivity index (χ4n) is 5.37. The Morgan fingerprint density at radius 1 is 1.00 bits per heavy atom. The number of nitroso groups, excluding NO2 is 1. The van der Waals surface area contributed by atoms with Gasteiger partial charge in [-0.15, -0.1) is 0 Å². The van der Waals surface area contributed by atoms with E-state index in [1.165, 1.54) is 16.2 Å². The van der Waals surface area contributed by atoms with Gasteiger partial charge in [0.1, 0.15) is 6.04 Å². The van der Waals surface area contributed by atoms with Gasteiger partial charge in [-0.25, -0.2) is 0 Å². The molecule has 6 nitrogen and oxygen atoms in total. The average Bonchev–Trinajstić information content (AvgIpc) is 2.87. The van der Waals surface area contributed by atoms with Crippen molar-refractivity contribution in [3.05, 3.63) is 110 Å². The fourth-order valence-corrected chi connectivity index (χ4v) is 5.37. The van der Waals surface area contributed by atoms with E-state index in [0.29, 0.717) is 12.3 Å². The van der Waals surface area contributed by atoms with Gasteiger partial charge in [-0.2, -0.15) is 4.91 Å². The number of pyridine rings is 1. The number of hydrogen-bond donors (Lipinski definition) is 1. The fraction of sp³-hybridized carbons (Fsp3) is 0.379. The van der Waals surface area contributed by atoms with Gasteiger partial charge in [-0.1, -0.05) is 53.7 Å². The standard InChI is InChI=1S/C29H32N2O4/c1-19-5-3-4-6-25(19)26(17-27(30-35)24-15-16-28(32)31(2)18-24)22-11-7-20(8-12-22)21-9-13-23(14-10-21)29(33)34/h3-8,11-12,15-16,18,21,23,26-27H,9-10,13-14,17H2,1-2H3,(H,33,34). The number of carboxylic acids is 1. The van der Waals surface area contributed by atoms with Crippen molar-refractivity contribution >= 4 is 5.97 Å². The highest BCUT2D eigenvalue weighted by molar-refractivity contribution is 5.70. The van der Waals surface area contributed by atoms with Crippen molar-refractivity contribution in [1.82, 2.24) is 4.57 Å². The van der Waals surface area contributed by atoms with Gasteiger partial charge < -0.3 is 9.67 Å². The Bertz CT molecular complexity index is 1240. The predicted molar refractivity (Wildman–Crippen MR) is 137 cm³/mol. The van der Waals surface area contributed by atoms with Crippen LogP contribution in [0.1, 0.15) is 77.8 Å². The van der Waals surface area contributed by atoms with E-state index in [4.69, 9.17) is 0 Å². The van der Waals surface area contributed by atoms with Crippen molar-refractivity contribution in [2.24, 2.45) is 18.1 Å². The number of nitrogens with zero attached hydrogens (tertiary/aromatic N) is 2. The molecule has 2 unspecified atom stereocenters. The molecule has 35 heavy (non-hydrogen) atoms. The molecule has 1 aromatic heterocycles. The molecule has 1 heterocycles. The highest BCUT2D eigenvalue weighted by Gasteiger charge is 2.28. The number of rotatable bonds is 8. The van der Waals surface area contributed by atoms with E-state index in [2.05, 4.69) is 48.5 Å². The molecule has 1 aliphatic carbocycles. The van der Waals surface area contributed by atoms with Crippen LogP contribution in [0.2, 0.25) is 0 Å². The van der Waals surface area contributed by atoms with E-state index in [1.807, 2.05) is 12.1 Å². The number of hydrogen-bond acceptors (Lipinski definition) is 4. The molecule has 0 bridgehead atoms. The smallest absolute Gasteiger partial charge is 0.306 e. The van der Waals surface area contributed by atoms with Crippen LogP contribution in [-0.2, 0) is 11.8 Å². The zero-order valence-corrected chi connectivity index (χ0v) is 20.3. The number of carboxylic acid groups (broad SMARTS) is 1. The quantitative estimate of drug-likeness (QED) is 0.402. The number of aliphatic carboxylic acids is 1. The van der Waals surface area contributed by atoms with Gasteiger partial charge in [-0.05, 0) is 78.8 Å². The minimum absolute atomic E-state index is 0.0343. The molecule has 0 radical (unpaired) electrons. The molecular weight excluding hydrogens is 440 g/mol. The second kappa shape index (κ2) is 10.8. The summed E-state index contributed by atoms with van der Waals surface area (Å²) in [4.78, 5) is 35.1. The van der Waals surface area contributed by atoms with Gasteiger partial charge in [0.05, 0.1) is 5.92 Å². The van der Waals surface area contributed by atoms with Gasteiger partial charge in [0.2, 0.25) is 5.56 Å². The maximum Gasteiger partial charge on any atom is 0.306 e. The van der Waals surface area contributed by atoms with E-state index < -0.39 is 12.0 Å². The van der Waals surface area contributed by atoms with Crippen LogP contribution in [0.25, 0.3) is 0 Å². The molecule has 2 aromatic carbocycles. The monoisotopic (exact) mass is 472 g/mol. The molecule has 0 saturated heterocycles. The van der Waals surface area contributed by atoms with Crippen LogP contribution in [0, 0.1) is 17.7 Å². The van der Waals surface area contributed by atoms with Crippen molar-refractivity contribution in [2.45, 2.75) is 56.9 Å². The highest BCUT2D eigenvalue weighted by atomic mass is 16.4. The summed E-state index contributed by atoms with van der Waals surface area (Å²) in [5, 5.41) is 12.7. The van der Waals surface area contributed by atoms with Crippen molar-refractivity contribution in [3.63, 3.8) is 0 Å². The Morgan fingerprint density at radius 2 is 1.66 bits per heavy atom. The zero-order chi connectivity index (χ0) is 24.9. The maximum absolute atomic E-state index is 11.9. The van der Waals surface area contributed by atoms with E-state index in [-0.39, 0.29) is 17.4 Å². The molecule has 4 rings (SSSR count). The Kier molecular flexibility index (Phi) is 7.59. The van der Waals surface area contributed by atoms with Gasteiger partial charge in [0.25, 0.3) is 0 Å². The van der Waals surface area contributed by atoms with Crippen LogP contribution in [-0.4, -0.2) is 15.6 Å². The maximum atomic E-state index is 11.9. The van der Waals surface area contributed by atoms with E-state index >= 15 is 0 Å². The number of benzene rings is 2. The van der Waals surface area contributed by atoms with Crippen molar-refractivity contribution in [1.29, 1.82) is 0 Å². The minimum Gasteiger partial charge on any atom is -0.481 e. The first-order valence-electron chi connectivity index (χ1n) is 12.2. The first-order valence-corrected chi connectivity index (χ1v) is 12.2. The van der Waals surface area contributed by atoms with Crippen LogP contribution in [0.4, 0.5) is 0 Å². The number of aryl methyl sites for hydroxylation is 2. The first-order chi connectivity index (χ1) is 16.9. The van der Waals surface area contributed by atoms with E-state index in [1.54, 1.807) is 19.3 Å². The third kappa shape index (κ3) is 5.59. The van der Waals surface area contributed by atoms with Gasteiger partial charge in [0.15, 0.2) is 0 Å². The average molecular weight is 473 g/mol. The number of aromatic nitrogens is 1. The Morgan fingerprint density at radius 3 is 2.26 bits per heavy atom.